The predicted octanol–water partition coefficient (Wildman–Crippen LogP) is 5.60. The molecule has 0 aromatic carbocycles. The normalized spacial score (nSPS) is 42.4. The van der Waals surface area contributed by atoms with E-state index in [1.807, 2.05) is 0 Å². The Morgan fingerprint density at radius 1 is 0.710 bits per heavy atom. The fraction of sp³-hybridized carbons (Fsp3) is 0.926. The van der Waals surface area contributed by atoms with Crippen LogP contribution in [0.1, 0.15) is 110 Å². The average Bonchev–Trinajstić information content (AvgIpc) is 2.80. The van der Waals surface area contributed by atoms with Crippen LogP contribution in [-0.4, -0.2) is 18.6 Å². The molecule has 0 amide bonds. The van der Waals surface area contributed by atoms with Crippen LogP contribution in [0.25, 0.3) is 0 Å². The van der Waals surface area contributed by atoms with Gasteiger partial charge in [0.1, 0.15) is 6.29 Å². The van der Waals surface area contributed by atoms with Gasteiger partial charge in [0.2, 0.25) is 0 Å². The van der Waals surface area contributed by atoms with E-state index >= 15 is 0 Å². The van der Waals surface area contributed by atoms with Crippen molar-refractivity contribution in [1.29, 1.82) is 0 Å². The second kappa shape index (κ2) is 11.6. The molecule has 0 bridgehead atoms. The van der Waals surface area contributed by atoms with E-state index in [0.29, 0.717) is 12.3 Å². The van der Waals surface area contributed by atoms with Crippen molar-refractivity contribution < 1.29 is 0 Å². The zero-order valence-corrected chi connectivity index (χ0v) is 20.4. The quantitative estimate of drug-likeness (QED) is 0.414. The van der Waals surface area contributed by atoms with Gasteiger partial charge in [0.15, 0.2) is 0 Å². The number of hydrogen-bond acceptors (Lipinski definition) is 4. The molecule has 178 valence electrons. The second-order valence-corrected chi connectivity index (χ2v) is 11.4. The Morgan fingerprint density at radius 3 is 1.71 bits per heavy atom. The predicted molar refractivity (Wildman–Crippen MR) is 131 cm³/mol. The first-order chi connectivity index (χ1) is 15.1. The van der Waals surface area contributed by atoms with Crippen LogP contribution >= 0.6 is 0 Å². The molecule has 1 saturated heterocycles. The first-order valence-corrected chi connectivity index (χ1v) is 13.8. The summed E-state index contributed by atoms with van der Waals surface area (Å²) in [6.45, 7) is 4.57. The van der Waals surface area contributed by atoms with Crippen molar-refractivity contribution in [2.75, 3.05) is 0 Å². The third-order valence-electron chi connectivity index (χ3n) is 9.48. The van der Waals surface area contributed by atoms with Crippen LogP contribution in [0, 0.1) is 29.6 Å². The third kappa shape index (κ3) is 6.79. The zero-order valence-electron chi connectivity index (χ0n) is 20.4. The maximum Gasteiger partial charge on any atom is 0.111 e. The topological polar surface area (TPSA) is 62.1 Å². The first-order valence-electron chi connectivity index (χ1n) is 13.8. The van der Waals surface area contributed by atoms with E-state index in [1.165, 1.54) is 96.3 Å². The van der Waals surface area contributed by atoms with Gasteiger partial charge in [0.25, 0.3) is 0 Å². The van der Waals surface area contributed by atoms with E-state index < -0.39 is 0 Å². The van der Waals surface area contributed by atoms with Crippen molar-refractivity contribution in [2.24, 2.45) is 35.3 Å². The lowest BCUT2D eigenvalue weighted by molar-refractivity contribution is 0.122. The maximum atomic E-state index is 6.34. The lowest BCUT2D eigenvalue weighted by atomic mass is 9.69. The van der Waals surface area contributed by atoms with Crippen molar-refractivity contribution in [1.82, 2.24) is 16.0 Å². The molecule has 4 aliphatic rings. The van der Waals surface area contributed by atoms with E-state index in [2.05, 4.69) is 35.9 Å². The van der Waals surface area contributed by atoms with Gasteiger partial charge in [-0.2, -0.15) is 0 Å². The fourth-order valence-corrected chi connectivity index (χ4v) is 7.30. The van der Waals surface area contributed by atoms with Crippen molar-refractivity contribution in [3.63, 3.8) is 0 Å². The highest BCUT2D eigenvalue weighted by Gasteiger charge is 2.33. The minimum absolute atomic E-state index is 0.0670. The molecular weight excluding hydrogens is 380 g/mol. The Bertz CT molecular complexity index is 550. The zero-order chi connectivity index (χ0) is 21.6. The van der Waals surface area contributed by atoms with Gasteiger partial charge < -0.3 is 5.73 Å². The number of nitrogens with two attached hydrogens (primary N) is 1. The molecule has 5 N–H and O–H groups in total. The summed E-state index contributed by atoms with van der Waals surface area (Å²) >= 11 is 0. The van der Waals surface area contributed by atoms with Crippen LogP contribution < -0.4 is 21.7 Å². The molecule has 0 spiro atoms. The van der Waals surface area contributed by atoms with Gasteiger partial charge in [0.05, 0.1) is 12.3 Å². The SMILES string of the molecule is CC=C1CCC(C2CCC(CC3NC(N)NC(CC4CCC(CC)CC4)N3)CC2)CC1. The van der Waals surface area contributed by atoms with Gasteiger partial charge in [-0.1, -0.05) is 63.5 Å². The van der Waals surface area contributed by atoms with E-state index in [1.54, 1.807) is 5.57 Å². The Hall–Kier alpha value is -0.420. The molecule has 3 saturated carbocycles. The van der Waals surface area contributed by atoms with Crippen LogP contribution in [0.2, 0.25) is 0 Å². The molecule has 1 aliphatic heterocycles. The van der Waals surface area contributed by atoms with Crippen molar-refractivity contribution in [2.45, 2.75) is 129 Å². The smallest absolute Gasteiger partial charge is 0.111 e. The first kappa shape index (κ1) is 23.7. The fourth-order valence-electron chi connectivity index (χ4n) is 7.30. The van der Waals surface area contributed by atoms with Crippen LogP contribution in [0.3, 0.4) is 0 Å². The monoisotopic (exact) mass is 430 g/mol. The van der Waals surface area contributed by atoms with Crippen LogP contribution in [0.15, 0.2) is 11.6 Å². The Morgan fingerprint density at radius 2 is 1.19 bits per heavy atom. The van der Waals surface area contributed by atoms with E-state index in [-0.39, 0.29) is 6.29 Å². The summed E-state index contributed by atoms with van der Waals surface area (Å²) in [4.78, 5) is 0. The summed E-state index contributed by atoms with van der Waals surface area (Å²) in [5.74, 6) is 4.71. The molecule has 0 aromatic rings. The van der Waals surface area contributed by atoms with Gasteiger partial charge in [-0.05, 0) is 87.9 Å². The van der Waals surface area contributed by atoms with Crippen LogP contribution in [0.5, 0.6) is 0 Å². The van der Waals surface area contributed by atoms with E-state index in [0.717, 1.165) is 29.6 Å². The molecular formula is C27H50N4. The van der Waals surface area contributed by atoms with Crippen molar-refractivity contribution >= 4 is 0 Å². The Kier molecular flexibility index (Phi) is 8.90. The summed E-state index contributed by atoms with van der Waals surface area (Å²) in [7, 11) is 0. The molecule has 1 heterocycles. The highest BCUT2D eigenvalue weighted by Crippen LogP contribution is 2.42. The molecule has 4 rings (SSSR count). The molecule has 31 heavy (non-hydrogen) atoms. The van der Waals surface area contributed by atoms with Crippen molar-refractivity contribution in [3.05, 3.63) is 11.6 Å². The molecule has 3 aliphatic carbocycles. The molecule has 4 heteroatoms. The summed E-state index contributed by atoms with van der Waals surface area (Å²) in [6.07, 6.45) is 24.0. The van der Waals surface area contributed by atoms with Crippen LogP contribution in [0.4, 0.5) is 0 Å². The maximum absolute atomic E-state index is 6.34. The largest absolute Gasteiger partial charge is 0.304 e. The average molecular weight is 431 g/mol. The summed E-state index contributed by atoms with van der Waals surface area (Å²) < 4.78 is 0. The van der Waals surface area contributed by atoms with Gasteiger partial charge >= 0.3 is 0 Å². The molecule has 0 radical (unpaired) electrons. The highest BCUT2D eigenvalue weighted by molar-refractivity contribution is 5.04. The highest BCUT2D eigenvalue weighted by atomic mass is 15.4. The van der Waals surface area contributed by atoms with Crippen molar-refractivity contribution in [3.8, 4) is 0 Å². The number of nitrogens with one attached hydrogen (secondary N) is 3. The minimum Gasteiger partial charge on any atom is -0.304 e. The standard InChI is InChI=1S/C27H50N4/c1-3-19-5-7-21(8-6-19)17-25-29-26(31-27(28)30-25)18-22-11-15-24(16-12-22)23-13-9-20(4-2)10-14-23/h4,19,21-27,29-31H,3,5-18,28H2,1-2H3. The van der Waals surface area contributed by atoms with Gasteiger partial charge in [0, 0.05) is 0 Å². The molecule has 3 atom stereocenters. The number of allylic oxidation sites excluding steroid dienone is 2. The summed E-state index contributed by atoms with van der Waals surface area (Å²) in [5.41, 5.74) is 8.05. The second-order valence-electron chi connectivity index (χ2n) is 11.4. The Labute approximate surface area is 192 Å². The van der Waals surface area contributed by atoms with E-state index in [4.69, 9.17) is 5.73 Å². The molecule has 3 unspecified atom stereocenters. The summed E-state index contributed by atoms with van der Waals surface area (Å²) in [5, 5.41) is 11.0. The van der Waals surface area contributed by atoms with E-state index in [9.17, 15) is 0 Å². The van der Waals surface area contributed by atoms with Gasteiger partial charge in [-0.15, -0.1) is 0 Å². The number of hydrogen-bond donors (Lipinski definition) is 4. The summed E-state index contributed by atoms with van der Waals surface area (Å²) in [6, 6.07) is 0. The van der Waals surface area contributed by atoms with Crippen LogP contribution in [-0.2, 0) is 0 Å². The number of rotatable bonds is 6. The third-order valence-corrected chi connectivity index (χ3v) is 9.48. The molecule has 0 aromatic heterocycles. The van der Waals surface area contributed by atoms with Gasteiger partial charge in [-0.3, -0.25) is 16.0 Å². The van der Waals surface area contributed by atoms with Gasteiger partial charge in [-0.25, -0.2) is 0 Å². The molecule has 4 fully saturated rings. The molecule has 4 nitrogen and oxygen atoms in total. The Balaban J connectivity index is 1.18. The minimum atomic E-state index is -0.0670. The lowest BCUT2D eigenvalue weighted by Gasteiger charge is -2.42. The lowest BCUT2D eigenvalue weighted by Crippen LogP contribution is -2.70.